The van der Waals surface area contributed by atoms with Crippen molar-refractivity contribution in [1.29, 1.82) is 0 Å². The second-order valence-corrected chi connectivity index (χ2v) is 5.42. The van der Waals surface area contributed by atoms with Gasteiger partial charge in [-0.3, -0.25) is 0 Å². The highest BCUT2D eigenvalue weighted by atomic mass is 16.3. The molecule has 0 aromatic carbocycles. The number of aliphatic hydroxyl groups excluding tert-OH is 1. The van der Waals surface area contributed by atoms with Crippen LogP contribution >= 0.6 is 0 Å². The largest absolute Gasteiger partial charge is 0.393 e. The maximum atomic E-state index is 9.49. The molecule has 0 bridgehead atoms. The minimum absolute atomic E-state index is 0.0274. The molecule has 2 saturated carbocycles. The van der Waals surface area contributed by atoms with Crippen molar-refractivity contribution in [3.05, 3.63) is 12.2 Å². The Morgan fingerprint density at radius 3 is 1.93 bits per heavy atom. The molecule has 0 spiro atoms. The van der Waals surface area contributed by atoms with Crippen LogP contribution in [-0.2, 0) is 0 Å². The fourth-order valence-corrected chi connectivity index (χ4v) is 3.25. The molecule has 0 saturated heterocycles. The predicted molar refractivity (Wildman–Crippen MR) is 63.7 cm³/mol. The zero-order valence-electron chi connectivity index (χ0n) is 9.75. The number of hydrogen-bond acceptors (Lipinski definition) is 1. The Morgan fingerprint density at radius 1 is 0.800 bits per heavy atom. The Hall–Kier alpha value is -0.300. The van der Waals surface area contributed by atoms with Crippen LogP contribution < -0.4 is 0 Å². The molecule has 2 aliphatic carbocycles. The van der Waals surface area contributed by atoms with E-state index in [9.17, 15) is 5.11 Å². The summed E-state index contributed by atoms with van der Waals surface area (Å²) in [7, 11) is 0. The van der Waals surface area contributed by atoms with Crippen molar-refractivity contribution >= 4 is 0 Å². The summed E-state index contributed by atoms with van der Waals surface area (Å²) in [6.07, 6.45) is 11.3. The maximum Gasteiger partial charge on any atom is 0.0540 e. The quantitative estimate of drug-likeness (QED) is 0.686. The molecule has 0 aromatic heterocycles. The molecule has 86 valence electrons. The van der Waals surface area contributed by atoms with Gasteiger partial charge in [0.25, 0.3) is 0 Å². The summed E-state index contributed by atoms with van der Waals surface area (Å²) < 4.78 is 0. The minimum atomic E-state index is -0.0274. The van der Waals surface area contributed by atoms with Crippen LogP contribution in [0.4, 0.5) is 0 Å². The molecule has 1 heteroatoms. The average Bonchev–Trinajstić information content (AvgIpc) is 2.30. The first-order valence-electron chi connectivity index (χ1n) is 6.64. The third kappa shape index (κ3) is 2.84. The summed E-state index contributed by atoms with van der Waals surface area (Å²) in [5.41, 5.74) is 1.52. The van der Waals surface area contributed by atoms with Crippen LogP contribution in [0.2, 0.25) is 0 Å². The van der Waals surface area contributed by atoms with Crippen LogP contribution in [0.1, 0.15) is 57.8 Å². The molecule has 0 aromatic rings. The Kier molecular flexibility index (Phi) is 3.85. The highest BCUT2D eigenvalue weighted by Crippen LogP contribution is 2.38. The van der Waals surface area contributed by atoms with Gasteiger partial charge in [0.1, 0.15) is 0 Å². The van der Waals surface area contributed by atoms with Crippen molar-refractivity contribution in [1.82, 2.24) is 0 Å². The molecule has 0 unspecified atom stereocenters. The lowest BCUT2D eigenvalue weighted by Gasteiger charge is -2.33. The number of allylic oxidation sites excluding steroid dienone is 1. The Balaban J connectivity index is 1.84. The molecule has 0 amide bonds. The molecule has 1 nitrogen and oxygen atoms in total. The summed E-state index contributed by atoms with van der Waals surface area (Å²) >= 11 is 0. The first-order chi connectivity index (χ1) is 7.27. The lowest BCUT2D eigenvalue weighted by Crippen LogP contribution is -2.23. The lowest BCUT2D eigenvalue weighted by molar-refractivity contribution is 0.113. The zero-order chi connectivity index (χ0) is 10.7. The first kappa shape index (κ1) is 11.2. The van der Waals surface area contributed by atoms with Crippen molar-refractivity contribution < 1.29 is 5.11 Å². The number of rotatable bonds is 2. The highest BCUT2D eigenvalue weighted by molar-refractivity contribution is 5.07. The van der Waals surface area contributed by atoms with E-state index >= 15 is 0 Å². The predicted octanol–water partition coefficient (Wildman–Crippen LogP) is 3.67. The fourth-order valence-electron chi connectivity index (χ4n) is 3.25. The van der Waals surface area contributed by atoms with Crippen molar-refractivity contribution in [3.63, 3.8) is 0 Å². The first-order valence-corrected chi connectivity index (χ1v) is 6.64. The van der Waals surface area contributed by atoms with Crippen molar-refractivity contribution in [2.45, 2.75) is 63.9 Å². The normalized spacial score (nSPS) is 33.9. The maximum absolute atomic E-state index is 9.49. The van der Waals surface area contributed by atoms with Crippen LogP contribution in [-0.4, -0.2) is 11.2 Å². The van der Waals surface area contributed by atoms with Crippen LogP contribution in [0.25, 0.3) is 0 Å². The van der Waals surface area contributed by atoms with Gasteiger partial charge >= 0.3 is 0 Å². The Bertz CT molecular complexity index is 207. The Morgan fingerprint density at radius 2 is 1.33 bits per heavy atom. The molecule has 0 aliphatic heterocycles. The second-order valence-electron chi connectivity index (χ2n) is 5.42. The smallest absolute Gasteiger partial charge is 0.0540 e. The summed E-state index contributed by atoms with van der Waals surface area (Å²) in [5, 5.41) is 9.49. The van der Waals surface area contributed by atoms with Crippen LogP contribution in [0.15, 0.2) is 12.2 Å². The summed E-state index contributed by atoms with van der Waals surface area (Å²) in [6.45, 7) is 4.35. The summed E-state index contributed by atoms with van der Waals surface area (Å²) in [4.78, 5) is 0. The summed E-state index contributed by atoms with van der Waals surface area (Å²) in [5.74, 6) is 1.52. The van der Waals surface area contributed by atoms with E-state index in [1.54, 1.807) is 0 Å². The average molecular weight is 208 g/mol. The zero-order valence-corrected chi connectivity index (χ0v) is 9.75. The van der Waals surface area contributed by atoms with Gasteiger partial charge in [0.2, 0.25) is 0 Å². The molecule has 2 fully saturated rings. The molecular formula is C14H24O. The van der Waals surface area contributed by atoms with Crippen molar-refractivity contribution in [2.24, 2.45) is 11.8 Å². The van der Waals surface area contributed by atoms with Gasteiger partial charge in [0.05, 0.1) is 6.10 Å². The molecule has 0 atom stereocenters. The van der Waals surface area contributed by atoms with Crippen LogP contribution in [0.5, 0.6) is 0 Å². The van der Waals surface area contributed by atoms with Crippen LogP contribution in [0.3, 0.4) is 0 Å². The third-order valence-electron chi connectivity index (χ3n) is 4.35. The summed E-state index contributed by atoms with van der Waals surface area (Å²) in [6, 6.07) is 0. The molecule has 0 heterocycles. The van der Waals surface area contributed by atoms with Gasteiger partial charge in [0.15, 0.2) is 0 Å². The van der Waals surface area contributed by atoms with E-state index in [1.807, 2.05) is 0 Å². The highest BCUT2D eigenvalue weighted by Gasteiger charge is 2.26. The molecule has 0 radical (unpaired) electrons. The molecule has 2 aliphatic rings. The van der Waals surface area contributed by atoms with E-state index in [-0.39, 0.29) is 6.10 Å². The standard InChI is InChI=1S/C14H24O/c1-11(12-5-3-2-4-6-12)13-7-9-14(15)10-8-13/h12-15H,1-10H2. The minimum Gasteiger partial charge on any atom is -0.393 e. The van der Waals surface area contributed by atoms with E-state index in [0.29, 0.717) is 0 Å². The molecule has 1 N–H and O–H groups in total. The van der Waals surface area contributed by atoms with Crippen molar-refractivity contribution in [3.8, 4) is 0 Å². The van der Waals surface area contributed by atoms with Gasteiger partial charge in [-0.25, -0.2) is 0 Å². The van der Waals surface area contributed by atoms with E-state index in [2.05, 4.69) is 6.58 Å². The van der Waals surface area contributed by atoms with Gasteiger partial charge < -0.3 is 5.11 Å². The van der Waals surface area contributed by atoms with E-state index in [1.165, 1.54) is 50.5 Å². The monoisotopic (exact) mass is 208 g/mol. The lowest BCUT2D eigenvalue weighted by atomic mass is 9.74. The SMILES string of the molecule is C=C(C1CCCCC1)C1CCC(O)CC1. The molecular weight excluding hydrogens is 184 g/mol. The topological polar surface area (TPSA) is 20.2 Å². The molecule has 15 heavy (non-hydrogen) atoms. The van der Waals surface area contributed by atoms with Gasteiger partial charge in [-0.2, -0.15) is 0 Å². The molecule has 2 rings (SSSR count). The van der Waals surface area contributed by atoms with Gasteiger partial charge in [0, 0.05) is 0 Å². The van der Waals surface area contributed by atoms with E-state index in [0.717, 1.165) is 24.7 Å². The van der Waals surface area contributed by atoms with Crippen molar-refractivity contribution in [2.75, 3.05) is 0 Å². The van der Waals surface area contributed by atoms with Crippen LogP contribution in [0, 0.1) is 11.8 Å². The number of hydrogen-bond donors (Lipinski definition) is 1. The second kappa shape index (κ2) is 5.16. The fraction of sp³-hybridized carbons (Fsp3) is 0.857. The van der Waals surface area contributed by atoms with Gasteiger partial charge in [-0.05, 0) is 50.4 Å². The van der Waals surface area contributed by atoms with E-state index in [4.69, 9.17) is 0 Å². The number of aliphatic hydroxyl groups is 1. The van der Waals surface area contributed by atoms with Gasteiger partial charge in [-0.1, -0.05) is 31.4 Å². The van der Waals surface area contributed by atoms with E-state index < -0.39 is 0 Å². The third-order valence-corrected chi connectivity index (χ3v) is 4.35. The Labute approximate surface area is 93.6 Å². The van der Waals surface area contributed by atoms with Gasteiger partial charge in [-0.15, -0.1) is 0 Å².